The zero-order valence-electron chi connectivity index (χ0n) is 15.3. The molecule has 1 atom stereocenters. The molecule has 4 rings (SSSR count). The number of carbonyl (C=O) groups excluding carboxylic acids is 1. The number of piperidine rings is 1. The fourth-order valence-electron chi connectivity index (χ4n) is 3.88. The van der Waals surface area contributed by atoms with E-state index in [0.29, 0.717) is 17.6 Å². The second-order valence-corrected chi connectivity index (χ2v) is 6.88. The van der Waals surface area contributed by atoms with E-state index in [9.17, 15) is 9.59 Å². The van der Waals surface area contributed by atoms with E-state index in [1.165, 1.54) is 6.07 Å². The molecule has 1 amide bonds. The Balaban J connectivity index is 1.74. The molecule has 3 aromatic rings. The van der Waals surface area contributed by atoms with Crippen molar-refractivity contribution in [3.05, 3.63) is 76.1 Å². The molecule has 1 fully saturated rings. The van der Waals surface area contributed by atoms with Crippen LogP contribution in [0.5, 0.6) is 5.75 Å². The van der Waals surface area contributed by atoms with E-state index in [2.05, 4.69) is 4.98 Å². The van der Waals surface area contributed by atoms with Crippen molar-refractivity contribution in [2.24, 2.45) is 0 Å². The molecule has 1 N–H and O–H groups in total. The molecule has 2 aromatic carbocycles. The van der Waals surface area contributed by atoms with Gasteiger partial charge in [-0.3, -0.25) is 9.59 Å². The number of para-hydroxylation sites is 1. The quantitative estimate of drug-likeness (QED) is 0.768. The highest BCUT2D eigenvalue weighted by molar-refractivity contribution is 6.06. The molecule has 5 heteroatoms. The number of aromatic nitrogens is 1. The molecule has 138 valence electrons. The fraction of sp³-hybridized carbons (Fsp3) is 0.273. The van der Waals surface area contributed by atoms with Gasteiger partial charge in [0.05, 0.1) is 18.7 Å². The number of likely N-dealkylation sites (tertiary alicyclic amines) is 1. The SMILES string of the molecule is COc1ccc(C2CCCCN2C(=O)c2cc(=O)[nH]c3ccccc23)cc1. The van der Waals surface area contributed by atoms with Crippen LogP contribution in [0.1, 0.15) is 41.2 Å². The summed E-state index contributed by atoms with van der Waals surface area (Å²) in [5.41, 5.74) is 1.99. The Morgan fingerprint density at radius 1 is 1.11 bits per heavy atom. The number of H-pyrrole nitrogens is 1. The van der Waals surface area contributed by atoms with Gasteiger partial charge < -0.3 is 14.6 Å². The number of aromatic amines is 1. The number of nitrogens with zero attached hydrogens (tertiary/aromatic N) is 1. The van der Waals surface area contributed by atoms with Crippen LogP contribution in [0.25, 0.3) is 10.9 Å². The fourth-order valence-corrected chi connectivity index (χ4v) is 3.88. The maximum atomic E-state index is 13.4. The van der Waals surface area contributed by atoms with Crippen LogP contribution in [0.4, 0.5) is 0 Å². The van der Waals surface area contributed by atoms with Crippen molar-refractivity contribution in [2.75, 3.05) is 13.7 Å². The predicted molar refractivity (Wildman–Crippen MR) is 105 cm³/mol. The van der Waals surface area contributed by atoms with Crippen molar-refractivity contribution >= 4 is 16.8 Å². The van der Waals surface area contributed by atoms with Crippen LogP contribution in [0.15, 0.2) is 59.4 Å². The molecule has 1 unspecified atom stereocenters. The number of amides is 1. The van der Waals surface area contributed by atoms with E-state index in [0.717, 1.165) is 36.0 Å². The molecule has 1 aromatic heterocycles. The number of fused-ring (bicyclic) bond motifs is 1. The first-order valence-electron chi connectivity index (χ1n) is 9.24. The number of methoxy groups -OCH3 is 1. The van der Waals surface area contributed by atoms with Gasteiger partial charge in [-0.1, -0.05) is 30.3 Å². The van der Waals surface area contributed by atoms with Crippen molar-refractivity contribution in [1.82, 2.24) is 9.88 Å². The van der Waals surface area contributed by atoms with Crippen molar-refractivity contribution in [3.8, 4) is 5.75 Å². The summed E-state index contributed by atoms with van der Waals surface area (Å²) in [6.45, 7) is 0.691. The first-order chi connectivity index (χ1) is 13.2. The molecule has 1 saturated heterocycles. The first-order valence-corrected chi connectivity index (χ1v) is 9.24. The van der Waals surface area contributed by atoms with Crippen molar-refractivity contribution < 1.29 is 9.53 Å². The third kappa shape index (κ3) is 3.33. The Labute approximate surface area is 157 Å². The maximum absolute atomic E-state index is 13.4. The molecular formula is C22H22N2O3. The maximum Gasteiger partial charge on any atom is 0.255 e. The second-order valence-electron chi connectivity index (χ2n) is 6.88. The summed E-state index contributed by atoms with van der Waals surface area (Å²) in [4.78, 5) is 30.2. The van der Waals surface area contributed by atoms with E-state index >= 15 is 0 Å². The molecule has 0 aliphatic carbocycles. The van der Waals surface area contributed by atoms with Crippen LogP contribution < -0.4 is 10.3 Å². The summed E-state index contributed by atoms with van der Waals surface area (Å²) in [5, 5.41) is 0.779. The monoisotopic (exact) mass is 362 g/mol. The summed E-state index contributed by atoms with van der Waals surface area (Å²) in [6, 6.07) is 16.8. The number of carbonyl (C=O) groups is 1. The lowest BCUT2D eigenvalue weighted by Crippen LogP contribution is -2.39. The number of ether oxygens (including phenoxy) is 1. The van der Waals surface area contributed by atoms with Crippen molar-refractivity contribution in [3.63, 3.8) is 0 Å². The minimum atomic E-state index is -0.255. The standard InChI is InChI=1S/C22H22N2O3/c1-27-16-11-9-15(10-12-16)20-8-4-5-13-24(20)22(26)18-14-21(25)23-19-7-3-2-6-17(18)19/h2-3,6-7,9-12,14,20H,4-5,8,13H2,1H3,(H,23,25). The molecule has 1 aliphatic rings. The van der Waals surface area contributed by atoms with Crippen molar-refractivity contribution in [1.29, 1.82) is 0 Å². The molecule has 0 radical (unpaired) electrons. The molecule has 0 bridgehead atoms. The number of hydrogen-bond acceptors (Lipinski definition) is 3. The summed E-state index contributed by atoms with van der Waals surface area (Å²) in [7, 11) is 1.64. The molecule has 1 aliphatic heterocycles. The molecule has 2 heterocycles. The average molecular weight is 362 g/mol. The molecule has 0 saturated carbocycles. The van der Waals surface area contributed by atoms with Crippen LogP contribution in [0.3, 0.4) is 0 Å². The lowest BCUT2D eigenvalue weighted by molar-refractivity contribution is 0.0613. The van der Waals surface area contributed by atoms with Crippen LogP contribution in [0, 0.1) is 0 Å². The van der Waals surface area contributed by atoms with Gasteiger partial charge in [-0.2, -0.15) is 0 Å². The zero-order valence-corrected chi connectivity index (χ0v) is 15.3. The third-order valence-electron chi connectivity index (χ3n) is 5.25. The minimum absolute atomic E-state index is 0.00945. The molecule has 0 spiro atoms. The number of nitrogens with one attached hydrogen (secondary N) is 1. The van der Waals surface area contributed by atoms with Gasteiger partial charge >= 0.3 is 0 Å². The largest absolute Gasteiger partial charge is 0.497 e. The molecule has 27 heavy (non-hydrogen) atoms. The normalized spacial score (nSPS) is 17.1. The van der Waals surface area contributed by atoms with E-state index < -0.39 is 0 Å². The first kappa shape index (κ1) is 17.3. The van der Waals surface area contributed by atoms with Gasteiger partial charge in [0.1, 0.15) is 5.75 Å². The summed E-state index contributed by atoms with van der Waals surface area (Å²) in [6.07, 6.45) is 2.97. The molecular weight excluding hydrogens is 340 g/mol. The average Bonchev–Trinajstić information content (AvgIpc) is 2.72. The third-order valence-corrected chi connectivity index (χ3v) is 5.25. The Hall–Kier alpha value is -3.08. The lowest BCUT2D eigenvalue weighted by Gasteiger charge is -2.36. The Kier molecular flexibility index (Phi) is 4.67. The van der Waals surface area contributed by atoms with Crippen LogP contribution in [-0.2, 0) is 0 Å². The smallest absolute Gasteiger partial charge is 0.255 e. The van der Waals surface area contributed by atoms with Gasteiger partial charge in [-0.25, -0.2) is 0 Å². The van der Waals surface area contributed by atoms with Gasteiger partial charge in [0.15, 0.2) is 0 Å². The Morgan fingerprint density at radius 2 is 1.89 bits per heavy atom. The van der Waals surface area contributed by atoms with Gasteiger partial charge in [-0.15, -0.1) is 0 Å². The van der Waals surface area contributed by atoms with E-state index in [4.69, 9.17) is 4.74 Å². The predicted octanol–water partition coefficient (Wildman–Crippen LogP) is 3.90. The highest BCUT2D eigenvalue weighted by Gasteiger charge is 2.29. The summed E-state index contributed by atoms with van der Waals surface area (Å²) >= 11 is 0. The van der Waals surface area contributed by atoms with Gasteiger partial charge in [0.2, 0.25) is 5.56 Å². The minimum Gasteiger partial charge on any atom is -0.497 e. The number of rotatable bonds is 3. The number of benzene rings is 2. The van der Waals surface area contributed by atoms with Gasteiger partial charge in [0, 0.05) is 23.5 Å². The summed E-state index contributed by atoms with van der Waals surface area (Å²) < 4.78 is 5.24. The van der Waals surface area contributed by atoms with E-state index in [1.54, 1.807) is 7.11 Å². The second kappa shape index (κ2) is 7.27. The lowest BCUT2D eigenvalue weighted by atomic mass is 9.94. The zero-order chi connectivity index (χ0) is 18.8. The van der Waals surface area contributed by atoms with Gasteiger partial charge in [0.25, 0.3) is 5.91 Å². The van der Waals surface area contributed by atoms with Crippen LogP contribution in [0.2, 0.25) is 0 Å². The van der Waals surface area contributed by atoms with E-state index in [1.807, 2.05) is 53.4 Å². The summed E-state index contributed by atoms with van der Waals surface area (Å²) in [5.74, 6) is 0.714. The highest BCUT2D eigenvalue weighted by atomic mass is 16.5. The number of pyridine rings is 1. The van der Waals surface area contributed by atoms with Crippen LogP contribution >= 0.6 is 0 Å². The van der Waals surface area contributed by atoms with Crippen LogP contribution in [-0.4, -0.2) is 29.4 Å². The Morgan fingerprint density at radius 3 is 2.67 bits per heavy atom. The van der Waals surface area contributed by atoms with Crippen molar-refractivity contribution in [2.45, 2.75) is 25.3 Å². The van der Waals surface area contributed by atoms with E-state index in [-0.39, 0.29) is 17.5 Å². The number of hydrogen-bond donors (Lipinski definition) is 1. The van der Waals surface area contributed by atoms with Gasteiger partial charge in [-0.05, 0) is 43.0 Å². The highest BCUT2D eigenvalue weighted by Crippen LogP contribution is 2.33. The Bertz CT molecular complexity index is 1020. The molecule has 5 nitrogen and oxygen atoms in total. The topological polar surface area (TPSA) is 62.4 Å².